The molecule has 2 amide bonds. The lowest BCUT2D eigenvalue weighted by Gasteiger charge is -2.08. The quantitative estimate of drug-likeness (QED) is 0.638. The Morgan fingerprint density at radius 2 is 2.04 bits per heavy atom. The highest BCUT2D eigenvalue weighted by Gasteiger charge is 2.09. The van der Waals surface area contributed by atoms with Crippen molar-refractivity contribution in [2.24, 2.45) is 0 Å². The molecule has 0 saturated heterocycles. The first-order chi connectivity index (χ1) is 11.0. The topological polar surface area (TPSA) is 67.4 Å². The van der Waals surface area contributed by atoms with E-state index in [0.29, 0.717) is 26.2 Å². The molecule has 0 unspecified atom stereocenters. The largest absolute Gasteiger partial charge is 0.495 e. The molecular weight excluding hydrogens is 359 g/mol. The second kappa shape index (κ2) is 8.01. The van der Waals surface area contributed by atoms with Gasteiger partial charge >= 0.3 is 0 Å². The van der Waals surface area contributed by atoms with E-state index in [0.717, 1.165) is 0 Å². The van der Waals surface area contributed by atoms with E-state index in [1.54, 1.807) is 29.6 Å². The summed E-state index contributed by atoms with van der Waals surface area (Å²) in [4.78, 5) is 23.9. The Morgan fingerprint density at radius 1 is 1.26 bits per heavy atom. The zero-order valence-corrected chi connectivity index (χ0v) is 14.3. The van der Waals surface area contributed by atoms with Gasteiger partial charge in [-0.25, -0.2) is 0 Å². The summed E-state index contributed by atoms with van der Waals surface area (Å²) in [5.74, 6) is -0.485. The molecule has 0 radical (unpaired) electrons. The summed E-state index contributed by atoms with van der Waals surface area (Å²) in [7, 11) is 1.47. The molecular formula is C15H12Cl2N2O3S. The summed E-state index contributed by atoms with van der Waals surface area (Å²) in [6.45, 7) is 0. The van der Waals surface area contributed by atoms with Crippen molar-refractivity contribution in [1.82, 2.24) is 10.9 Å². The number of benzene rings is 1. The number of amides is 2. The Kier molecular flexibility index (Phi) is 6.04. The van der Waals surface area contributed by atoms with E-state index in [1.165, 1.54) is 30.6 Å². The van der Waals surface area contributed by atoms with Crippen molar-refractivity contribution in [1.29, 1.82) is 0 Å². The van der Waals surface area contributed by atoms with Crippen LogP contribution in [0, 0.1) is 0 Å². The normalized spacial score (nSPS) is 10.6. The van der Waals surface area contributed by atoms with Crippen LogP contribution in [0.5, 0.6) is 5.75 Å². The summed E-state index contributed by atoms with van der Waals surface area (Å²) < 4.78 is 5.17. The van der Waals surface area contributed by atoms with Gasteiger partial charge in [0.2, 0.25) is 0 Å². The van der Waals surface area contributed by atoms with E-state index >= 15 is 0 Å². The minimum absolute atomic E-state index is 0.339. The van der Waals surface area contributed by atoms with Gasteiger partial charge in [0.05, 0.1) is 17.0 Å². The highest BCUT2D eigenvalue weighted by molar-refractivity contribution is 7.12. The van der Waals surface area contributed by atoms with Gasteiger partial charge in [-0.3, -0.25) is 20.4 Å². The lowest BCUT2D eigenvalue weighted by Crippen LogP contribution is -2.40. The molecule has 1 aromatic carbocycles. The standard InChI is InChI=1S/C15H12Cl2N2O3S/c1-22-14-9(7-10(16)8-11(14)17)4-5-13(20)18-19-15(21)12-3-2-6-23-12/h2-8H,1H3,(H,18,20)(H,19,21)/b5-4+. The Labute approximate surface area is 146 Å². The summed E-state index contributed by atoms with van der Waals surface area (Å²) in [6, 6.07) is 6.55. The SMILES string of the molecule is COc1c(Cl)cc(Cl)cc1/C=C/C(=O)NNC(=O)c1cccs1. The molecule has 0 aliphatic rings. The molecule has 2 N–H and O–H groups in total. The molecule has 0 aliphatic carbocycles. The maximum absolute atomic E-state index is 11.7. The summed E-state index contributed by atoms with van der Waals surface area (Å²) in [5.41, 5.74) is 5.14. The van der Waals surface area contributed by atoms with Crippen molar-refractivity contribution in [2.45, 2.75) is 0 Å². The number of methoxy groups -OCH3 is 1. The smallest absolute Gasteiger partial charge is 0.279 e. The molecule has 0 aliphatic heterocycles. The third kappa shape index (κ3) is 4.72. The molecule has 8 heteroatoms. The van der Waals surface area contributed by atoms with E-state index in [1.807, 2.05) is 0 Å². The van der Waals surface area contributed by atoms with Crippen LogP contribution < -0.4 is 15.6 Å². The Bertz CT molecular complexity index is 745. The summed E-state index contributed by atoms with van der Waals surface area (Å²) in [6.07, 6.45) is 2.72. The number of rotatable bonds is 4. The zero-order valence-electron chi connectivity index (χ0n) is 11.9. The molecule has 2 rings (SSSR count). The van der Waals surface area contributed by atoms with Crippen LogP contribution in [-0.2, 0) is 4.79 Å². The molecule has 0 bridgehead atoms. The van der Waals surface area contributed by atoms with Crippen LogP contribution in [0.15, 0.2) is 35.7 Å². The first-order valence-corrected chi connectivity index (χ1v) is 7.99. The first kappa shape index (κ1) is 17.3. The van der Waals surface area contributed by atoms with Crippen molar-refractivity contribution in [3.8, 4) is 5.75 Å². The first-order valence-electron chi connectivity index (χ1n) is 6.36. The van der Waals surface area contributed by atoms with E-state index < -0.39 is 5.91 Å². The number of hydrogen-bond acceptors (Lipinski definition) is 4. The average molecular weight is 371 g/mol. The fourth-order valence-corrected chi connectivity index (χ4v) is 2.92. The van der Waals surface area contributed by atoms with Gasteiger partial charge in [0.15, 0.2) is 0 Å². The lowest BCUT2D eigenvalue weighted by atomic mass is 10.2. The Hall–Kier alpha value is -2.02. The molecule has 0 saturated carbocycles. The molecule has 0 atom stereocenters. The average Bonchev–Trinajstić information content (AvgIpc) is 3.04. The molecule has 2 aromatic rings. The van der Waals surface area contributed by atoms with Crippen molar-refractivity contribution in [2.75, 3.05) is 7.11 Å². The van der Waals surface area contributed by atoms with Crippen LogP contribution in [0.1, 0.15) is 15.2 Å². The highest BCUT2D eigenvalue weighted by Crippen LogP contribution is 2.32. The zero-order chi connectivity index (χ0) is 16.8. The van der Waals surface area contributed by atoms with E-state index in [9.17, 15) is 9.59 Å². The predicted octanol–water partition coefficient (Wildman–Crippen LogP) is 3.54. The molecule has 0 fully saturated rings. The maximum Gasteiger partial charge on any atom is 0.279 e. The van der Waals surface area contributed by atoms with E-state index in [2.05, 4.69) is 10.9 Å². The molecule has 23 heavy (non-hydrogen) atoms. The predicted molar refractivity (Wildman–Crippen MR) is 92.0 cm³/mol. The number of hydrogen-bond donors (Lipinski definition) is 2. The van der Waals surface area contributed by atoms with Crippen LogP contribution in [0.4, 0.5) is 0 Å². The van der Waals surface area contributed by atoms with Gasteiger partial charge in [0.25, 0.3) is 11.8 Å². The molecule has 1 aromatic heterocycles. The van der Waals surface area contributed by atoms with Crippen molar-refractivity contribution < 1.29 is 14.3 Å². The van der Waals surface area contributed by atoms with E-state index in [-0.39, 0.29) is 5.91 Å². The lowest BCUT2D eigenvalue weighted by molar-refractivity contribution is -0.117. The van der Waals surface area contributed by atoms with Gasteiger partial charge in [-0.15, -0.1) is 11.3 Å². The molecule has 5 nitrogen and oxygen atoms in total. The minimum Gasteiger partial charge on any atom is -0.495 e. The number of nitrogens with one attached hydrogen (secondary N) is 2. The Balaban J connectivity index is 2.00. The number of ether oxygens (including phenoxy) is 1. The third-order valence-electron chi connectivity index (χ3n) is 2.70. The van der Waals surface area contributed by atoms with Crippen LogP contribution >= 0.6 is 34.5 Å². The Morgan fingerprint density at radius 3 is 2.70 bits per heavy atom. The molecule has 1 heterocycles. The van der Waals surface area contributed by atoms with Crippen molar-refractivity contribution in [3.05, 3.63) is 56.2 Å². The van der Waals surface area contributed by atoms with Gasteiger partial charge in [0, 0.05) is 16.7 Å². The summed E-state index contributed by atoms with van der Waals surface area (Å²) >= 11 is 13.2. The number of carbonyl (C=O) groups is 2. The van der Waals surface area contributed by atoms with Crippen LogP contribution in [0.25, 0.3) is 6.08 Å². The number of halogens is 2. The highest BCUT2D eigenvalue weighted by atomic mass is 35.5. The van der Waals surface area contributed by atoms with Gasteiger partial charge in [0.1, 0.15) is 5.75 Å². The van der Waals surface area contributed by atoms with Crippen molar-refractivity contribution >= 4 is 52.4 Å². The number of thiophene rings is 1. The number of carbonyl (C=O) groups excluding carboxylic acids is 2. The van der Waals surface area contributed by atoms with Crippen LogP contribution in [-0.4, -0.2) is 18.9 Å². The molecule has 0 spiro atoms. The molecule has 120 valence electrons. The fraction of sp³-hybridized carbons (Fsp3) is 0.0667. The maximum atomic E-state index is 11.7. The van der Waals surface area contributed by atoms with Gasteiger partial charge < -0.3 is 4.74 Å². The fourth-order valence-electron chi connectivity index (χ4n) is 1.71. The minimum atomic E-state index is -0.506. The second-order valence-electron chi connectivity index (χ2n) is 4.26. The number of hydrazine groups is 1. The van der Waals surface area contributed by atoms with Crippen LogP contribution in [0.3, 0.4) is 0 Å². The van der Waals surface area contributed by atoms with Crippen LogP contribution in [0.2, 0.25) is 10.0 Å². The second-order valence-corrected chi connectivity index (χ2v) is 6.06. The van der Waals surface area contributed by atoms with Gasteiger partial charge in [-0.1, -0.05) is 29.3 Å². The summed E-state index contributed by atoms with van der Waals surface area (Å²) in [5, 5.41) is 2.53. The monoisotopic (exact) mass is 370 g/mol. The van der Waals surface area contributed by atoms with E-state index in [4.69, 9.17) is 27.9 Å². The third-order valence-corrected chi connectivity index (χ3v) is 4.07. The van der Waals surface area contributed by atoms with Gasteiger partial charge in [-0.2, -0.15) is 0 Å². The van der Waals surface area contributed by atoms with Gasteiger partial charge in [-0.05, 0) is 29.7 Å². The van der Waals surface area contributed by atoms with Crippen molar-refractivity contribution in [3.63, 3.8) is 0 Å².